The third kappa shape index (κ3) is 1.94. The van der Waals surface area contributed by atoms with Crippen molar-refractivity contribution in [3.63, 3.8) is 0 Å². The predicted octanol–water partition coefficient (Wildman–Crippen LogP) is 1.10. The van der Waals surface area contributed by atoms with E-state index in [1.807, 2.05) is 11.4 Å². The lowest BCUT2D eigenvalue weighted by Gasteiger charge is -1.99. The molecule has 2 heterocycles. The minimum Gasteiger partial charge on any atom is -0.330 e. The smallest absolute Gasteiger partial charge is 0.130 e. The van der Waals surface area contributed by atoms with Crippen LogP contribution in [0.25, 0.3) is 11.4 Å². The van der Waals surface area contributed by atoms with Gasteiger partial charge in [-0.1, -0.05) is 0 Å². The summed E-state index contributed by atoms with van der Waals surface area (Å²) in [7, 11) is 0. The van der Waals surface area contributed by atoms with Crippen LogP contribution in [0.2, 0.25) is 0 Å². The number of nitrogens with two attached hydrogens (primary N) is 1. The molecule has 0 spiro atoms. The Bertz CT molecular complexity index is 399. The Hall–Kier alpha value is -1.33. The minimum absolute atomic E-state index is 0.570. The predicted molar refractivity (Wildman–Crippen MR) is 55.9 cm³/mol. The molecule has 5 heteroatoms. The van der Waals surface area contributed by atoms with Gasteiger partial charge >= 0.3 is 0 Å². The van der Waals surface area contributed by atoms with Crippen molar-refractivity contribution in [1.29, 1.82) is 0 Å². The zero-order valence-corrected chi connectivity index (χ0v) is 8.37. The number of hydrogen-bond donors (Lipinski definition) is 1. The highest BCUT2D eigenvalue weighted by Gasteiger charge is 2.02. The number of nitrogens with zero attached hydrogens (tertiary/aromatic N) is 3. The number of thiazole rings is 1. The molecule has 0 fully saturated rings. The first-order valence-corrected chi connectivity index (χ1v) is 5.25. The Morgan fingerprint density at radius 2 is 2.21 bits per heavy atom. The van der Waals surface area contributed by atoms with E-state index in [-0.39, 0.29) is 0 Å². The van der Waals surface area contributed by atoms with Crippen molar-refractivity contribution >= 4 is 11.3 Å². The molecule has 0 aromatic carbocycles. The van der Waals surface area contributed by atoms with Gasteiger partial charge in [-0.05, 0) is 12.6 Å². The van der Waals surface area contributed by atoms with Crippen LogP contribution in [0.3, 0.4) is 0 Å². The molecule has 0 saturated heterocycles. The summed E-state index contributed by atoms with van der Waals surface area (Å²) in [5.74, 6) is 0.776. The zero-order valence-electron chi connectivity index (χ0n) is 7.55. The molecule has 72 valence electrons. The third-order valence-electron chi connectivity index (χ3n) is 1.77. The molecule has 0 aliphatic rings. The van der Waals surface area contributed by atoms with E-state index in [1.54, 1.807) is 23.0 Å². The summed E-state index contributed by atoms with van der Waals surface area (Å²) in [5.41, 5.74) is 8.99. The summed E-state index contributed by atoms with van der Waals surface area (Å²) >= 11 is 1.56. The van der Waals surface area contributed by atoms with Crippen molar-refractivity contribution in [3.8, 4) is 11.4 Å². The molecule has 0 amide bonds. The second kappa shape index (κ2) is 4.26. The fourth-order valence-corrected chi connectivity index (χ4v) is 1.68. The van der Waals surface area contributed by atoms with Gasteiger partial charge in [-0.3, -0.25) is 0 Å². The van der Waals surface area contributed by atoms with Gasteiger partial charge in [0.05, 0.1) is 16.9 Å². The van der Waals surface area contributed by atoms with Gasteiger partial charge in [0.25, 0.3) is 0 Å². The summed E-state index contributed by atoms with van der Waals surface area (Å²) in [6.07, 6.45) is 2.45. The lowest BCUT2D eigenvalue weighted by atomic mass is 10.3. The molecule has 0 atom stereocenters. The summed E-state index contributed by atoms with van der Waals surface area (Å²) in [6.45, 7) is 0.570. The quantitative estimate of drug-likeness (QED) is 0.816. The first-order chi connectivity index (χ1) is 6.90. The molecule has 0 unspecified atom stereocenters. The normalized spacial score (nSPS) is 10.4. The Labute approximate surface area is 85.9 Å². The van der Waals surface area contributed by atoms with E-state index in [0.717, 1.165) is 17.2 Å². The van der Waals surface area contributed by atoms with Crippen LogP contribution in [-0.4, -0.2) is 21.5 Å². The third-order valence-corrected chi connectivity index (χ3v) is 2.35. The number of aromatic nitrogens is 3. The molecule has 2 aromatic heterocycles. The Balaban J connectivity index is 2.31. The van der Waals surface area contributed by atoms with E-state index in [0.29, 0.717) is 13.0 Å². The van der Waals surface area contributed by atoms with Crippen LogP contribution in [0, 0.1) is 0 Å². The van der Waals surface area contributed by atoms with Crippen LogP contribution >= 0.6 is 11.3 Å². The molecule has 2 aromatic rings. The van der Waals surface area contributed by atoms with Crippen molar-refractivity contribution in [1.82, 2.24) is 15.0 Å². The summed E-state index contributed by atoms with van der Waals surface area (Å²) in [5, 5.41) is 1.97. The molecule has 0 aliphatic heterocycles. The second-order valence-electron chi connectivity index (χ2n) is 2.77. The highest BCUT2D eigenvalue weighted by molar-refractivity contribution is 7.07. The average molecular weight is 206 g/mol. The van der Waals surface area contributed by atoms with Gasteiger partial charge in [-0.15, -0.1) is 11.3 Å². The number of rotatable bonds is 3. The Kier molecular flexibility index (Phi) is 2.81. The maximum absolute atomic E-state index is 5.44. The lowest BCUT2D eigenvalue weighted by Crippen LogP contribution is -2.06. The SMILES string of the molecule is NCCc1nccc(-c2cscn2)n1. The molecule has 0 aliphatic carbocycles. The van der Waals surface area contributed by atoms with Crippen LogP contribution in [0.15, 0.2) is 23.2 Å². The largest absolute Gasteiger partial charge is 0.330 e. The molecule has 4 nitrogen and oxygen atoms in total. The fourth-order valence-electron chi connectivity index (χ4n) is 1.13. The second-order valence-corrected chi connectivity index (χ2v) is 3.49. The molecular weight excluding hydrogens is 196 g/mol. The zero-order chi connectivity index (χ0) is 9.80. The van der Waals surface area contributed by atoms with Gasteiger partial charge in [0.15, 0.2) is 0 Å². The van der Waals surface area contributed by atoms with Crippen LogP contribution < -0.4 is 5.73 Å². The monoisotopic (exact) mass is 206 g/mol. The van der Waals surface area contributed by atoms with E-state index >= 15 is 0 Å². The standard InChI is InChI=1S/C9H10N4S/c10-3-1-9-11-4-2-7(13-9)8-5-14-6-12-8/h2,4-6H,1,3,10H2. The highest BCUT2D eigenvalue weighted by Crippen LogP contribution is 2.15. The fraction of sp³-hybridized carbons (Fsp3) is 0.222. The Morgan fingerprint density at radius 1 is 1.29 bits per heavy atom. The van der Waals surface area contributed by atoms with Gasteiger partial charge in [-0.2, -0.15) is 0 Å². The van der Waals surface area contributed by atoms with Gasteiger partial charge in [0, 0.05) is 18.0 Å². The molecule has 0 saturated carbocycles. The van der Waals surface area contributed by atoms with Crippen LogP contribution in [-0.2, 0) is 6.42 Å². The first-order valence-electron chi connectivity index (χ1n) is 4.30. The van der Waals surface area contributed by atoms with Crippen LogP contribution in [0.5, 0.6) is 0 Å². The summed E-state index contributed by atoms with van der Waals surface area (Å²) in [6, 6.07) is 1.86. The molecule has 0 bridgehead atoms. The average Bonchev–Trinajstić information content (AvgIpc) is 2.71. The number of hydrogen-bond acceptors (Lipinski definition) is 5. The van der Waals surface area contributed by atoms with Crippen molar-refractivity contribution < 1.29 is 0 Å². The summed E-state index contributed by atoms with van der Waals surface area (Å²) in [4.78, 5) is 12.7. The lowest BCUT2D eigenvalue weighted by molar-refractivity contribution is 0.869. The van der Waals surface area contributed by atoms with Gasteiger partial charge < -0.3 is 5.73 Å². The van der Waals surface area contributed by atoms with E-state index in [2.05, 4.69) is 15.0 Å². The van der Waals surface area contributed by atoms with Crippen LogP contribution in [0.4, 0.5) is 0 Å². The van der Waals surface area contributed by atoms with Crippen molar-refractivity contribution in [2.75, 3.05) is 6.54 Å². The Morgan fingerprint density at radius 3 is 2.93 bits per heavy atom. The van der Waals surface area contributed by atoms with E-state index in [9.17, 15) is 0 Å². The highest BCUT2D eigenvalue weighted by atomic mass is 32.1. The van der Waals surface area contributed by atoms with Gasteiger partial charge in [0.1, 0.15) is 5.82 Å². The van der Waals surface area contributed by atoms with E-state index < -0.39 is 0 Å². The first kappa shape index (κ1) is 9.23. The van der Waals surface area contributed by atoms with E-state index in [4.69, 9.17) is 5.73 Å². The minimum atomic E-state index is 0.570. The van der Waals surface area contributed by atoms with Crippen molar-refractivity contribution in [2.24, 2.45) is 5.73 Å². The maximum Gasteiger partial charge on any atom is 0.130 e. The van der Waals surface area contributed by atoms with Gasteiger partial charge in [-0.25, -0.2) is 15.0 Å². The topological polar surface area (TPSA) is 64.7 Å². The van der Waals surface area contributed by atoms with Crippen molar-refractivity contribution in [3.05, 3.63) is 29.0 Å². The molecule has 14 heavy (non-hydrogen) atoms. The molecule has 2 rings (SSSR count). The molecule has 0 radical (unpaired) electrons. The van der Waals surface area contributed by atoms with Crippen molar-refractivity contribution in [2.45, 2.75) is 6.42 Å². The molecule has 2 N–H and O–H groups in total. The van der Waals surface area contributed by atoms with Crippen LogP contribution in [0.1, 0.15) is 5.82 Å². The summed E-state index contributed by atoms with van der Waals surface area (Å²) < 4.78 is 0. The van der Waals surface area contributed by atoms with Gasteiger partial charge in [0.2, 0.25) is 0 Å². The molecular formula is C9H10N4S. The maximum atomic E-state index is 5.44. The van der Waals surface area contributed by atoms with E-state index in [1.165, 1.54) is 0 Å².